The quantitative estimate of drug-likeness (QED) is 0.399. The lowest BCUT2D eigenvalue weighted by Gasteiger charge is -2.32. The number of benzene rings is 2. The smallest absolute Gasteiger partial charge is 0.161 e. The third-order valence-corrected chi connectivity index (χ3v) is 4.03. The van der Waals surface area contributed by atoms with Gasteiger partial charge in [-0.15, -0.1) is 0 Å². The molecule has 0 fully saturated rings. The van der Waals surface area contributed by atoms with Crippen LogP contribution in [-0.2, 0) is 11.8 Å². The molecule has 0 spiro atoms. The Balaban J connectivity index is 3.39. The lowest BCUT2D eigenvalue weighted by molar-refractivity contribution is 0.292. The van der Waals surface area contributed by atoms with Crippen LogP contribution in [0.25, 0.3) is 0 Å². The van der Waals surface area contributed by atoms with Crippen LogP contribution in [0, 0.1) is 17.2 Å². The molecule has 0 heterocycles. The van der Waals surface area contributed by atoms with Crippen molar-refractivity contribution in [3.05, 3.63) is 47.4 Å². The fraction of sp³-hybridized carbons (Fsp3) is 0.519. The Morgan fingerprint density at radius 2 is 1.61 bits per heavy atom. The van der Waals surface area contributed by atoms with Gasteiger partial charge in [-0.2, -0.15) is 5.26 Å². The van der Waals surface area contributed by atoms with Crippen LogP contribution in [0.2, 0.25) is 0 Å². The summed E-state index contributed by atoms with van der Waals surface area (Å²) >= 11 is 0. The molecule has 0 aliphatic rings. The maximum Gasteiger partial charge on any atom is 0.161 e. The van der Waals surface area contributed by atoms with Gasteiger partial charge in [-0.1, -0.05) is 25.8 Å². The van der Waals surface area contributed by atoms with E-state index in [1.165, 1.54) is 0 Å². The van der Waals surface area contributed by atoms with Crippen LogP contribution < -0.4 is 18.9 Å². The molecule has 33 heavy (non-hydrogen) atoms. The van der Waals surface area contributed by atoms with Crippen molar-refractivity contribution >= 4 is 0 Å². The van der Waals surface area contributed by atoms with E-state index in [1.54, 1.807) is 0 Å². The van der Waals surface area contributed by atoms with Crippen LogP contribution in [0.3, 0.4) is 0 Å². The largest absolute Gasteiger partial charge is 0.493 e. The summed E-state index contributed by atoms with van der Waals surface area (Å²) in [6.45, 7) is -22.3. The number of hydrogen-bond donors (Lipinski definition) is 0. The number of likely N-dealkylation sites (N-methyl/N-ethyl adjacent to an activating group) is 1. The Bertz CT molecular complexity index is 1920. The van der Waals surface area contributed by atoms with Crippen molar-refractivity contribution in [3.8, 4) is 29.1 Å². The molecule has 0 amide bonds. The summed E-state index contributed by atoms with van der Waals surface area (Å²) in [6, 6.07) is -6.71. The maximum atomic E-state index is 10.9. The molecule has 0 aliphatic heterocycles. The maximum absolute atomic E-state index is 10.9. The average Bonchev–Trinajstić information content (AvgIpc) is 3.04. The summed E-state index contributed by atoms with van der Waals surface area (Å²) in [5.41, 5.74) is -7.55. The van der Waals surface area contributed by atoms with Crippen molar-refractivity contribution in [1.29, 1.82) is 5.26 Å². The van der Waals surface area contributed by atoms with Gasteiger partial charge in [0.25, 0.3) is 0 Å². The fourth-order valence-electron chi connectivity index (χ4n) is 2.34. The lowest BCUT2D eigenvalue weighted by atomic mass is 9.69. The Kier molecular flexibility index (Phi) is 3.03. The number of methoxy groups -OCH3 is 4. The van der Waals surface area contributed by atoms with Crippen molar-refractivity contribution in [2.75, 3.05) is 48.4 Å². The summed E-state index contributed by atoms with van der Waals surface area (Å²) in [5, 5.41) is 10.9. The normalized spacial score (nSPS) is 27.2. The van der Waals surface area contributed by atoms with Crippen molar-refractivity contribution < 1.29 is 53.2 Å². The van der Waals surface area contributed by atoms with Crippen LogP contribution in [0.5, 0.6) is 23.0 Å². The number of rotatable bonds is 13. The zero-order valence-electron chi connectivity index (χ0n) is 43.1. The number of hydrogen-bond acceptors (Lipinski definition) is 6. The molecule has 0 bridgehead atoms. The Morgan fingerprint density at radius 1 is 0.970 bits per heavy atom. The molecule has 0 saturated carbocycles. The lowest BCUT2D eigenvalue weighted by Crippen LogP contribution is -2.32. The number of ether oxygens (including phenoxy) is 4. The van der Waals surface area contributed by atoms with Gasteiger partial charge in [-0.25, -0.2) is 0 Å². The molecule has 0 aromatic heterocycles. The Labute approximate surface area is 234 Å². The minimum atomic E-state index is -4.98. The van der Waals surface area contributed by atoms with Gasteiger partial charge in [0.1, 0.15) is 0 Å². The summed E-state index contributed by atoms with van der Waals surface area (Å²) in [6.07, 6.45) is -14.1. The Hall–Kier alpha value is -2.91. The minimum Gasteiger partial charge on any atom is -0.493 e. The van der Waals surface area contributed by atoms with Crippen molar-refractivity contribution in [3.63, 3.8) is 0 Å². The molecule has 6 heteroatoms. The van der Waals surface area contributed by atoms with Gasteiger partial charge in [0.2, 0.25) is 0 Å². The first kappa shape index (κ1) is 8.09. The van der Waals surface area contributed by atoms with E-state index in [0.29, 0.717) is 0 Å². The van der Waals surface area contributed by atoms with Crippen molar-refractivity contribution in [2.45, 2.75) is 38.2 Å². The molecular weight excluding hydrogens is 416 g/mol. The average molecular weight is 480 g/mol. The summed E-state index contributed by atoms with van der Waals surface area (Å²) in [7, 11) is 3.60. The molecule has 6 nitrogen and oxygen atoms in total. The van der Waals surface area contributed by atoms with Crippen LogP contribution in [0.4, 0.5) is 0 Å². The molecule has 0 aliphatic carbocycles. The molecule has 1 unspecified atom stereocenters. The highest BCUT2D eigenvalue weighted by molar-refractivity contribution is 5.47. The number of nitriles is 1. The first-order valence-electron chi connectivity index (χ1n) is 21.5. The summed E-state index contributed by atoms with van der Waals surface area (Å²) in [4.78, 5) is -1.18. The second-order valence-electron chi connectivity index (χ2n) is 5.92. The number of nitrogens with zero attached hydrogens (tertiary/aromatic N) is 2. The monoisotopic (exact) mass is 479 g/mol. The van der Waals surface area contributed by atoms with Gasteiger partial charge in [0, 0.05) is 32.5 Å². The minimum absolute atomic E-state index is 0.635. The topological polar surface area (TPSA) is 64.0 Å². The van der Waals surface area contributed by atoms with Crippen molar-refractivity contribution in [2.24, 2.45) is 5.92 Å². The van der Waals surface area contributed by atoms with Gasteiger partial charge in [0.05, 0.1) is 48.1 Å². The molecule has 2 aromatic rings. The third-order valence-electron chi connectivity index (χ3n) is 4.03. The van der Waals surface area contributed by atoms with Crippen LogP contribution >= 0.6 is 0 Å². The van der Waals surface area contributed by atoms with E-state index in [4.69, 9.17) is 50.5 Å². The second kappa shape index (κ2) is 12.4. The van der Waals surface area contributed by atoms with Gasteiger partial charge < -0.3 is 23.8 Å². The van der Waals surface area contributed by atoms with E-state index >= 15 is 0 Å². The molecular formula is C27H38N2O4. The first-order chi connectivity index (χ1) is 25.8. The first-order valence-corrected chi connectivity index (χ1v) is 8.96. The molecule has 1 atom stereocenters. The van der Waals surface area contributed by atoms with E-state index in [2.05, 4.69) is 0 Å². The van der Waals surface area contributed by atoms with Gasteiger partial charge >= 0.3 is 0 Å². The summed E-state index contributed by atoms with van der Waals surface area (Å²) in [5.74, 6) is -6.70. The summed E-state index contributed by atoms with van der Waals surface area (Å²) < 4.78 is 234. The molecule has 180 valence electrons. The van der Waals surface area contributed by atoms with Crippen LogP contribution in [0.15, 0.2) is 36.3 Å². The van der Waals surface area contributed by atoms with Gasteiger partial charge in [0.15, 0.2) is 23.0 Å². The Morgan fingerprint density at radius 3 is 2.18 bits per heavy atom. The van der Waals surface area contributed by atoms with E-state index in [0.717, 1.165) is 34.5 Å². The van der Waals surface area contributed by atoms with Crippen LogP contribution in [0.1, 0.15) is 71.8 Å². The second-order valence-corrected chi connectivity index (χ2v) is 5.92. The zero-order valence-corrected chi connectivity index (χ0v) is 18.1. The fourth-order valence-corrected chi connectivity index (χ4v) is 2.34. The molecule has 0 N–H and O–H groups in total. The van der Waals surface area contributed by atoms with E-state index in [9.17, 15) is 8.00 Å². The molecule has 0 radical (unpaired) electrons. The van der Waals surface area contributed by atoms with Crippen molar-refractivity contribution in [1.82, 2.24) is 4.90 Å². The third kappa shape index (κ3) is 6.33. The van der Waals surface area contributed by atoms with Gasteiger partial charge in [-0.3, -0.25) is 0 Å². The molecule has 2 aromatic carbocycles. The van der Waals surface area contributed by atoms with E-state index in [1.807, 2.05) is 0 Å². The zero-order chi connectivity index (χ0) is 46.1. The standard InChI is InChI=1S/C27H38N2O4/c1-20(2)27(19-28,22-10-12-24(31-5)26(18-22)33-7)14-8-15-29(3)16-13-21-9-11-23(30-4)25(17-21)32-6/h9-12,17-18,20H,8,13-16H2,1-7H3/i1D3,2D3,3D3,8D2,9D,10D,11D,12D,13D2,14D2,15D2,16D2,17D,18D. The van der Waals surface area contributed by atoms with E-state index in [-0.39, 0.29) is 0 Å². The van der Waals surface area contributed by atoms with E-state index < -0.39 is 139 Å². The SMILES string of the molecule is [2H]c1c([2H])c(C([2H])([2H])C([2H])([2H])N(C([2H])([2H])[2H])C([2H])([2H])C([2H])([2H])C([2H])([2H])C(C#N)(c2c([2H])c([2H])c(OC)c(OC)c2[2H])C(C([2H])([2H])[2H])C([2H])([2H])[2H])c([2H])c(OC)c1OC. The highest BCUT2D eigenvalue weighted by Gasteiger charge is 2.36. The molecule has 0 saturated heterocycles. The predicted molar refractivity (Wildman–Crippen MR) is 132 cm³/mol. The van der Waals surface area contributed by atoms with Crippen LogP contribution in [-0.4, -0.2) is 53.3 Å². The predicted octanol–water partition coefficient (Wildman–Crippen LogP) is 5.09. The van der Waals surface area contributed by atoms with Gasteiger partial charge in [-0.05, 0) is 73.8 Å². The molecule has 2 rings (SSSR count). The highest BCUT2D eigenvalue weighted by Crippen LogP contribution is 2.40. The highest BCUT2D eigenvalue weighted by atomic mass is 16.5.